The molecule has 0 saturated carbocycles. The number of nitrogens with one attached hydrogen (secondary N) is 2. The molecule has 0 heterocycles. The van der Waals surface area contributed by atoms with Gasteiger partial charge in [-0.1, -0.05) is 12.1 Å². The van der Waals surface area contributed by atoms with E-state index in [9.17, 15) is 14.4 Å². The maximum absolute atomic E-state index is 11.9. The summed E-state index contributed by atoms with van der Waals surface area (Å²) in [5.74, 6) is -2.03. The number of carboxylic acids is 1. The van der Waals surface area contributed by atoms with E-state index in [0.717, 1.165) is 11.1 Å². The Hall–Kier alpha value is -2.37. The first kappa shape index (κ1) is 14.7. The van der Waals surface area contributed by atoms with E-state index >= 15 is 0 Å². The molecule has 6 heteroatoms. The van der Waals surface area contributed by atoms with E-state index in [1.165, 1.54) is 0 Å². The molecule has 0 fully saturated rings. The minimum atomic E-state index is -1.13. The van der Waals surface area contributed by atoms with Crippen molar-refractivity contribution in [2.45, 2.75) is 13.8 Å². The Labute approximate surface area is 110 Å². The van der Waals surface area contributed by atoms with E-state index in [0.29, 0.717) is 5.56 Å². The van der Waals surface area contributed by atoms with Crippen LogP contribution in [0, 0.1) is 13.8 Å². The van der Waals surface area contributed by atoms with Gasteiger partial charge >= 0.3 is 5.97 Å². The van der Waals surface area contributed by atoms with Gasteiger partial charge in [-0.15, -0.1) is 0 Å². The van der Waals surface area contributed by atoms with Crippen LogP contribution in [0.15, 0.2) is 18.2 Å². The quantitative estimate of drug-likeness (QED) is 0.709. The van der Waals surface area contributed by atoms with E-state index in [1.807, 2.05) is 19.9 Å². The van der Waals surface area contributed by atoms with Crippen molar-refractivity contribution in [1.29, 1.82) is 0 Å². The van der Waals surface area contributed by atoms with Crippen molar-refractivity contribution in [3.05, 3.63) is 34.9 Å². The van der Waals surface area contributed by atoms with Gasteiger partial charge in [0.1, 0.15) is 6.54 Å². The summed E-state index contributed by atoms with van der Waals surface area (Å²) in [7, 11) is 0. The molecular weight excluding hydrogens is 248 g/mol. The number of amides is 2. The summed E-state index contributed by atoms with van der Waals surface area (Å²) in [5, 5.41) is 13.0. The second-order valence-electron chi connectivity index (χ2n) is 4.10. The average Bonchev–Trinajstić information content (AvgIpc) is 2.36. The molecule has 0 unspecified atom stereocenters. The summed E-state index contributed by atoms with van der Waals surface area (Å²) in [6.45, 7) is 3.01. The maximum atomic E-state index is 11.9. The third kappa shape index (κ3) is 4.42. The van der Waals surface area contributed by atoms with Crippen molar-refractivity contribution in [1.82, 2.24) is 10.6 Å². The van der Waals surface area contributed by atoms with Crippen LogP contribution in [-0.2, 0) is 9.59 Å². The van der Waals surface area contributed by atoms with Gasteiger partial charge in [0, 0.05) is 5.56 Å². The Kier molecular flexibility index (Phi) is 5.05. The number of carbonyl (C=O) groups excluding carboxylic acids is 2. The molecule has 0 spiro atoms. The molecule has 1 aromatic rings. The second-order valence-corrected chi connectivity index (χ2v) is 4.10. The van der Waals surface area contributed by atoms with Crippen LogP contribution in [0.2, 0.25) is 0 Å². The molecule has 0 aliphatic rings. The van der Waals surface area contributed by atoms with Crippen molar-refractivity contribution < 1.29 is 19.5 Å². The lowest BCUT2D eigenvalue weighted by atomic mass is 10.0. The fourth-order valence-electron chi connectivity index (χ4n) is 1.49. The van der Waals surface area contributed by atoms with E-state index < -0.39 is 18.4 Å². The third-order valence-corrected chi connectivity index (χ3v) is 2.70. The van der Waals surface area contributed by atoms with Crippen molar-refractivity contribution in [2.24, 2.45) is 0 Å². The number of carboxylic acid groups (broad SMARTS) is 1. The van der Waals surface area contributed by atoms with Crippen molar-refractivity contribution >= 4 is 17.8 Å². The lowest BCUT2D eigenvalue weighted by Crippen LogP contribution is -2.39. The zero-order chi connectivity index (χ0) is 14.4. The zero-order valence-electron chi connectivity index (χ0n) is 10.8. The van der Waals surface area contributed by atoms with Gasteiger partial charge in [0.05, 0.1) is 6.54 Å². The molecule has 0 aromatic heterocycles. The monoisotopic (exact) mass is 264 g/mol. The molecule has 6 nitrogen and oxygen atoms in total. The van der Waals surface area contributed by atoms with Crippen LogP contribution in [0.4, 0.5) is 0 Å². The van der Waals surface area contributed by atoms with Gasteiger partial charge in [0.15, 0.2) is 0 Å². The molecule has 1 aromatic carbocycles. The minimum absolute atomic E-state index is 0.251. The topological polar surface area (TPSA) is 95.5 Å². The molecule has 102 valence electrons. The van der Waals surface area contributed by atoms with Gasteiger partial charge in [-0.05, 0) is 31.0 Å². The smallest absolute Gasteiger partial charge is 0.322 e. The van der Waals surface area contributed by atoms with Crippen LogP contribution >= 0.6 is 0 Å². The highest BCUT2D eigenvalue weighted by Crippen LogP contribution is 2.12. The van der Waals surface area contributed by atoms with Gasteiger partial charge in [-0.25, -0.2) is 0 Å². The summed E-state index contributed by atoms with van der Waals surface area (Å²) >= 11 is 0. The van der Waals surface area contributed by atoms with E-state index in [-0.39, 0.29) is 12.5 Å². The summed E-state index contributed by atoms with van der Waals surface area (Å²) in [5.41, 5.74) is 2.35. The molecule has 0 radical (unpaired) electrons. The first-order chi connectivity index (χ1) is 8.91. The van der Waals surface area contributed by atoms with Crippen LogP contribution in [0.1, 0.15) is 21.5 Å². The second kappa shape index (κ2) is 6.53. The van der Waals surface area contributed by atoms with Crippen molar-refractivity contribution in [2.75, 3.05) is 13.1 Å². The van der Waals surface area contributed by atoms with Crippen LogP contribution < -0.4 is 10.6 Å². The first-order valence-electron chi connectivity index (χ1n) is 5.74. The Morgan fingerprint density at radius 2 is 1.79 bits per heavy atom. The van der Waals surface area contributed by atoms with Crippen molar-refractivity contribution in [3.63, 3.8) is 0 Å². The van der Waals surface area contributed by atoms with Gasteiger partial charge < -0.3 is 15.7 Å². The molecule has 0 aliphatic heterocycles. The van der Waals surface area contributed by atoms with Crippen LogP contribution in [0.25, 0.3) is 0 Å². The standard InChI is InChI=1S/C13H16N2O4/c1-8-4-3-5-10(9(8)2)13(19)15-6-11(16)14-7-12(17)18/h3-5H,6-7H2,1-2H3,(H,14,16)(H,15,19)(H,17,18). The molecule has 0 aliphatic carbocycles. The van der Waals surface area contributed by atoms with Gasteiger partial charge in [-0.3, -0.25) is 14.4 Å². The maximum Gasteiger partial charge on any atom is 0.322 e. The van der Waals surface area contributed by atoms with Gasteiger partial charge in [-0.2, -0.15) is 0 Å². The zero-order valence-corrected chi connectivity index (χ0v) is 10.8. The van der Waals surface area contributed by atoms with Gasteiger partial charge in [0.25, 0.3) is 5.91 Å². The number of carbonyl (C=O) groups is 3. The average molecular weight is 264 g/mol. The van der Waals surface area contributed by atoms with Crippen molar-refractivity contribution in [3.8, 4) is 0 Å². The third-order valence-electron chi connectivity index (χ3n) is 2.70. The van der Waals surface area contributed by atoms with E-state index in [2.05, 4.69) is 10.6 Å². The van der Waals surface area contributed by atoms with Gasteiger partial charge in [0.2, 0.25) is 5.91 Å². The largest absolute Gasteiger partial charge is 0.480 e. The normalized spacial score (nSPS) is 9.79. The molecule has 1 rings (SSSR count). The van der Waals surface area contributed by atoms with Crippen LogP contribution in [0.3, 0.4) is 0 Å². The molecule has 0 bridgehead atoms. The molecule has 0 atom stereocenters. The first-order valence-corrected chi connectivity index (χ1v) is 5.74. The Morgan fingerprint density at radius 3 is 2.42 bits per heavy atom. The fourth-order valence-corrected chi connectivity index (χ4v) is 1.49. The van der Waals surface area contributed by atoms with Crippen LogP contribution in [-0.4, -0.2) is 36.0 Å². The number of aliphatic carboxylic acids is 1. The van der Waals surface area contributed by atoms with Crippen LogP contribution in [0.5, 0.6) is 0 Å². The Balaban J connectivity index is 2.54. The molecule has 2 amide bonds. The minimum Gasteiger partial charge on any atom is -0.480 e. The molecular formula is C13H16N2O4. The number of hydrogen-bond donors (Lipinski definition) is 3. The molecule has 19 heavy (non-hydrogen) atoms. The highest BCUT2D eigenvalue weighted by Gasteiger charge is 2.11. The highest BCUT2D eigenvalue weighted by atomic mass is 16.4. The summed E-state index contributed by atoms with van der Waals surface area (Å²) in [4.78, 5) is 33.3. The SMILES string of the molecule is Cc1cccc(C(=O)NCC(=O)NCC(=O)O)c1C. The number of hydrogen-bond acceptors (Lipinski definition) is 3. The summed E-state index contributed by atoms with van der Waals surface area (Å²) in [6, 6.07) is 5.33. The number of aryl methyl sites for hydroxylation is 1. The Morgan fingerprint density at radius 1 is 1.11 bits per heavy atom. The van der Waals surface area contributed by atoms with E-state index in [1.54, 1.807) is 12.1 Å². The fraction of sp³-hybridized carbons (Fsp3) is 0.308. The lowest BCUT2D eigenvalue weighted by molar-refractivity contribution is -0.137. The molecule has 3 N–H and O–H groups in total. The summed E-state index contributed by atoms with van der Waals surface area (Å²) in [6.07, 6.45) is 0. The highest BCUT2D eigenvalue weighted by molar-refractivity contribution is 5.98. The number of benzene rings is 1. The lowest BCUT2D eigenvalue weighted by Gasteiger charge is -2.09. The predicted octanol–water partition coefficient (Wildman–Crippen LogP) is 0.234. The molecule has 0 saturated heterocycles. The van der Waals surface area contributed by atoms with E-state index in [4.69, 9.17) is 5.11 Å². The predicted molar refractivity (Wildman–Crippen MR) is 68.9 cm³/mol. The Bertz CT molecular complexity index is 511. The summed E-state index contributed by atoms with van der Waals surface area (Å²) < 4.78 is 0. The number of rotatable bonds is 5.